The molecule has 36 heavy (non-hydrogen) atoms. The van der Waals surface area contributed by atoms with Gasteiger partial charge in [0.05, 0.1) is 34.2 Å². The second kappa shape index (κ2) is 10.6. The number of carbonyl (C=O) groups excluding carboxylic acids is 1. The van der Waals surface area contributed by atoms with Crippen LogP contribution < -0.4 is 10.6 Å². The van der Waals surface area contributed by atoms with E-state index in [2.05, 4.69) is 35.6 Å². The molecule has 4 aromatic heterocycles. The second-order valence-electron chi connectivity index (χ2n) is 7.42. The number of aromatic nitrogens is 5. The van der Waals surface area contributed by atoms with E-state index in [1.807, 2.05) is 0 Å². The lowest BCUT2D eigenvalue weighted by atomic mass is 10.1. The Morgan fingerprint density at radius 2 is 1.86 bits per heavy atom. The van der Waals surface area contributed by atoms with E-state index in [4.69, 9.17) is 11.6 Å². The number of nitrogens with zero attached hydrogens (tertiary/aromatic N) is 5. The Balaban J connectivity index is 1.42. The maximum absolute atomic E-state index is 13.0. The van der Waals surface area contributed by atoms with Crippen LogP contribution in [-0.4, -0.2) is 35.9 Å². The Bertz CT molecular complexity index is 1370. The Labute approximate surface area is 211 Å². The van der Waals surface area contributed by atoms with Crippen molar-refractivity contribution in [3.63, 3.8) is 0 Å². The molecule has 1 unspecified atom stereocenters. The third-order valence-electron chi connectivity index (χ3n) is 4.87. The van der Waals surface area contributed by atoms with E-state index in [9.17, 15) is 23.1 Å². The Kier molecular flexibility index (Phi) is 7.54. The summed E-state index contributed by atoms with van der Waals surface area (Å²) in [6, 6.07) is 5.36. The van der Waals surface area contributed by atoms with E-state index in [-0.39, 0.29) is 10.7 Å². The van der Waals surface area contributed by atoms with Crippen molar-refractivity contribution in [2.24, 2.45) is 0 Å². The van der Waals surface area contributed by atoms with Crippen molar-refractivity contribution in [1.29, 1.82) is 0 Å². The van der Waals surface area contributed by atoms with Crippen molar-refractivity contribution in [1.82, 2.24) is 30.2 Å². The average Bonchev–Trinajstić information content (AvgIpc) is 3.36. The van der Waals surface area contributed by atoms with Gasteiger partial charge in [-0.25, -0.2) is 19.9 Å². The second-order valence-corrected chi connectivity index (χ2v) is 8.89. The Morgan fingerprint density at radius 1 is 1.11 bits per heavy atom. The van der Waals surface area contributed by atoms with Crippen molar-refractivity contribution >= 4 is 34.7 Å². The van der Waals surface area contributed by atoms with Crippen LogP contribution in [0.15, 0.2) is 55.4 Å². The monoisotopic (exact) mass is 535 g/mol. The predicted molar refractivity (Wildman–Crippen MR) is 126 cm³/mol. The number of anilines is 1. The molecule has 0 fully saturated rings. The van der Waals surface area contributed by atoms with Crippen LogP contribution in [0.1, 0.15) is 45.1 Å². The molecule has 0 aromatic carbocycles. The molecule has 0 radical (unpaired) electrons. The molecule has 0 bridgehead atoms. The number of thiazole rings is 1. The topological polar surface area (TPSA) is 126 Å². The fourth-order valence-electron chi connectivity index (χ4n) is 3.09. The van der Waals surface area contributed by atoms with Gasteiger partial charge in [0, 0.05) is 24.2 Å². The lowest BCUT2D eigenvalue weighted by Crippen LogP contribution is -2.25. The first kappa shape index (κ1) is 25.6. The maximum atomic E-state index is 13.0. The highest BCUT2D eigenvalue weighted by Gasteiger charge is 2.34. The molecule has 1 amide bonds. The summed E-state index contributed by atoms with van der Waals surface area (Å²) in [4.78, 5) is 32.8. The highest BCUT2D eigenvalue weighted by molar-refractivity contribution is 7.13. The molecule has 0 aliphatic carbocycles. The van der Waals surface area contributed by atoms with Crippen molar-refractivity contribution in [3.8, 4) is 11.3 Å². The van der Waals surface area contributed by atoms with Crippen LogP contribution in [0.5, 0.6) is 0 Å². The fourth-order valence-corrected chi connectivity index (χ4v) is 4.13. The quantitative estimate of drug-likeness (QED) is 0.292. The number of halogens is 4. The molecule has 4 heterocycles. The van der Waals surface area contributed by atoms with Gasteiger partial charge in [-0.1, -0.05) is 11.6 Å². The first-order valence-corrected chi connectivity index (χ1v) is 11.5. The van der Waals surface area contributed by atoms with E-state index < -0.39 is 34.9 Å². The van der Waals surface area contributed by atoms with Crippen LogP contribution in [0.3, 0.4) is 0 Å². The van der Waals surface area contributed by atoms with Gasteiger partial charge in [0.2, 0.25) is 0 Å². The van der Waals surface area contributed by atoms with Gasteiger partial charge >= 0.3 is 6.18 Å². The molecule has 4 aromatic rings. The summed E-state index contributed by atoms with van der Waals surface area (Å²) < 4.78 is 39.1. The summed E-state index contributed by atoms with van der Waals surface area (Å²) in [6.45, 7) is 1.73. The van der Waals surface area contributed by atoms with Crippen LogP contribution in [0.4, 0.5) is 19.0 Å². The molecule has 0 saturated carbocycles. The minimum absolute atomic E-state index is 0.139. The SMILES string of the molecule is C[C@@H](NC(O)c1cc(-c2ccncc2)ncn1)c1ncc(C(=O)Nc2cc(C(F)(F)F)c(Cl)cn2)s1. The maximum Gasteiger partial charge on any atom is 0.418 e. The zero-order valence-corrected chi connectivity index (χ0v) is 19.9. The highest BCUT2D eigenvalue weighted by atomic mass is 35.5. The summed E-state index contributed by atoms with van der Waals surface area (Å²) in [7, 11) is 0. The van der Waals surface area contributed by atoms with Crippen molar-refractivity contribution < 1.29 is 23.1 Å². The molecule has 14 heteroatoms. The van der Waals surface area contributed by atoms with E-state index >= 15 is 0 Å². The first-order valence-electron chi connectivity index (χ1n) is 10.3. The summed E-state index contributed by atoms with van der Waals surface area (Å²) in [5.74, 6) is -0.991. The summed E-state index contributed by atoms with van der Waals surface area (Å²) in [6.07, 6.45) is 0.836. The number of hydrogen-bond acceptors (Lipinski definition) is 9. The van der Waals surface area contributed by atoms with Gasteiger partial charge in [0.1, 0.15) is 28.3 Å². The summed E-state index contributed by atoms with van der Waals surface area (Å²) in [5, 5.41) is 15.8. The number of rotatable bonds is 7. The molecule has 3 N–H and O–H groups in total. The van der Waals surface area contributed by atoms with Crippen LogP contribution in [0.2, 0.25) is 5.02 Å². The van der Waals surface area contributed by atoms with Gasteiger partial charge < -0.3 is 10.4 Å². The molecule has 0 saturated heterocycles. The van der Waals surface area contributed by atoms with Crippen LogP contribution in [0, 0.1) is 0 Å². The van der Waals surface area contributed by atoms with Crippen molar-refractivity contribution in [3.05, 3.63) is 81.5 Å². The summed E-state index contributed by atoms with van der Waals surface area (Å²) in [5.41, 5.74) is 0.631. The first-order chi connectivity index (χ1) is 17.1. The summed E-state index contributed by atoms with van der Waals surface area (Å²) >= 11 is 6.56. The van der Waals surface area contributed by atoms with E-state index in [1.165, 1.54) is 12.5 Å². The number of pyridine rings is 2. The zero-order chi connectivity index (χ0) is 25.9. The number of amides is 1. The average molecular weight is 536 g/mol. The standard InChI is InChI=1S/C22H17ClF3N7O2S/c1-11(32-19(34)16-7-15(30-10-31-16)12-2-4-27-5-3-12)21-29-9-17(36-21)20(35)33-18-6-13(22(24,25)26)14(23)8-28-18/h2-11,19,32,34H,1H3,(H,28,33,35)/t11-,19?/m1/s1. The lowest BCUT2D eigenvalue weighted by molar-refractivity contribution is -0.137. The number of hydrogen-bond donors (Lipinski definition) is 3. The molecule has 0 aliphatic heterocycles. The number of aliphatic hydroxyl groups is 1. The van der Waals surface area contributed by atoms with Crippen LogP contribution >= 0.6 is 22.9 Å². The molecule has 9 nitrogen and oxygen atoms in total. The van der Waals surface area contributed by atoms with Crippen molar-refractivity contribution in [2.75, 3.05) is 5.32 Å². The molecular formula is C22H17ClF3N7O2S. The Morgan fingerprint density at radius 3 is 2.58 bits per heavy atom. The van der Waals surface area contributed by atoms with Gasteiger partial charge in [0.25, 0.3) is 5.91 Å². The zero-order valence-electron chi connectivity index (χ0n) is 18.4. The molecular weight excluding hydrogens is 519 g/mol. The number of carbonyl (C=O) groups is 1. The molecule has 0 aliphatic rings. The van der Waals surface area contributed by atoms with Crippen LogP contribution in [-0.2, 0) is 6.18 Å². The van der Waals surface area contributed by atoms with E-state index in [1.54, 1.807) is 37.5 Å². The molecule has 186 valence electrons. The lowest BCUT2D eigenvalue weighted by Gasteiger charge is -2.17. The molecule has 4 rings (SSSR count). The van der Waals surface area contributed by atoms with E-state index in [0.29, 0.717) is 22.5 Å². The van der Waals surface area contributed by atoms with Gasteiger partial charge in [0.15, 0.2) is 0 Å². The van der Waals surface area contributed by atoms with Gasteiger partial charge in [-0.15, -0.1) is 11.3 Å². The number of alkyl halides is 3. The van der Waals surface area contributed by atoms with Gasteiger partial charge in [-0.05, 0) is 31.2 Å². The van der Waals surface area contributed by atoms with Gasteiger partial charge in [-0.2, -0.15) is 13.2 Å². The third kappa shape index (κ3) is 5.99. The third-order valence-corrected chi connectivity index (χ3v) is 6.35. The minimum atomic E-state index is -4.69. The number of nitrogens with one attached hydrogen (secondary N) is 2. The predicted octanol–water partition coefficient (Wildman–Crippen LogP) is 4.66. The van der Waals surface area contributed by atoms with E-state index in [0.717, 1.165) is 23.1 Å². The number of aliphatic hydroxyl groups excluding tert-OH is 1. The Hall–Kier alpha value is -3.52. The van der Waals surface area contributed by atoms with Crippen LogP contribution in [0.25, 0.3) is 11.3 Å². The molecule has 0 spiro atoms. The largest absolute Gasteiger partial charge is 0.418 e. The smallest absolute Gasteiger partial charge is 0.373 e. The fraction of sp³-hybridized carbons (Fsp3) is 0.182. The normalized spacial score (nSPS) is 13.3. The van der Waals surface area contributed by atoms with Gasteiger partial charge in [-0.3, -0.25) is 15.1 Å². The molecule has 2 atom stereocenters. The minimum Gasteiger partial charge on any atom is -0.373 e. The highest BCUT2D eigenvalue weighted by Crippen LogP contribution is 2.35. The van der Waals surface area contributed by atoms with Crippen molar-refractivity contribution in [2.45, 2.75) is 25.4 Å².